The Morgan fingerprint density at radius 2 is 2.05 bits per heavy atom. The first kappa shape index (κ1) is 12.7. The van der Waals surface area contributed by atoms with E-state index in [-0.39, 0.29) is 0 Å². The number of benzene rings is 1. The van der Waals surface area contributed by atoms with Crippen molar-refractivity contribution in [2.45, 2.75) is 4.90 Å². The van der Waals surface area contributed by atoms with Gasteiger partial charge in [-0.05, 0) is 43.1 Å². The zero-order chi connectivity index (χ0) is 13.7. The van der Waals surface area contributed by atoms with E-state index in [4.69, 9.17) is 0 Å². The minimum atomic E-state index is -3.33. The highest BCUT2D eigenvalue weighted by Crippen LogP contribution is 2.32. The van der Waals surface area contributed by atoms with Crippen LogP contribution in [0.25, 0.3) is 10.2 Å². The first-order valence-corrected chi connectivity index (χ1v) is 9.01. The second kappa shape index (κ2) is 4.49. The van der Waals surface area contributed by atoms with Gasteiger partial charge in [0.15, 0.2) is 0 Å². The molecule has 0 unspecified atom stereocenters. The van der Waals surface area contributed by atoms with Crippen LogP contribution in [-0.2, 0) is 10.0 Å². The van der Waals surface area contributed by atoms with Crippen LogP contribution >= 0.6 is 11.3 Å². The molecule has 4 rings (SSSR count). The van der Waals surface area contributed by atoms with Gasteiger partial charge in [0, 0.05) is 13.1 Å². The molecule has 106 valence electrons. The summed E-state index contributed by atoms with van der Waals surface area (Å²) in [6.45, 7) is 3.39. The maximum absolute atomic E-state index is 12.5. The summed E-state index contributed by atoms with van der Waals surface area (Å²) in [7, 11) is -3.33. The van der Waals surface area contributed by atoms with Crippen LogP contribution in [-0.4, -0.2) is 43.9 Å². The van der Waals surface area contributed by atoms with E-state index >= 15 is 0 Å². The minimum absolute atomic E-state index is 0.388. The summed E-state index contributed by atoms with van der Waals surface area (Å²) in [6, 6.07) is 5.18. The summed E-state index contributed by atoms with van der Waals surface area (Å²) in [6.07, 6.45) is 0. The molecule has 5 nitrogen and oxygen atoms in total. The number of sulfonamides is 1. The molecule has 2 saturated heterocycles. The molecule has 1 aromatic carbocycles. The lowest BCUT2D eigenvalue weighted by atomic mass is 9.83. The SMILES string of the molecule is O=S(=O)(c1ccc2ncsc2c1)N1CC(C2CNC2)C1. The highest BCUT2D eigenvalue weighted by Gasteiger charge is 2.42. The van der Waals surface area contributed by atoms with E-state index in [1.165, 1.54) is 11.3 Å². The van der Waals surface area contributed by atoms with Crippen LogP contribution in [0.4, 0.5) is 0 Å². The summed E-state index contributed by atoms with van der Waals surface area (Å²) in [5, 5.41) is 3.24. The van der Waals surface area contributed by atoms with Gasteiger partial charge in [-0.1, -0.05) is 0 Å². The molecule has 0 amide bonds. The lowest BCUT2D eigenvalue weighted by Gasteiger charge is -2.45. The van der Waals surface area contributed by atoms with Crippen LogP contribution in [0.15, 0.2) is 28.6 Å². The predicted octanol–water partition coefficient (Wildman–Crippen LogP) is 1.14. The Morgan fingerprint density at radius 1 is 1.25 bits per heavy atom. The maximum Gasteiger partial charge on any atom is 0.243 e. The van der Waals surface area contributed by atoms with E-state index in [2.05, 4.69) is 10.3 Å². The number of hydrogen-bond donors (Lipinski definition) is 1. The van der Waals surface area contributed by atoms with Gasteiger partial charge < -0.3 is 5.32 Å². The van der Waals surface area contributed by atoms with Crippen molar-refractivity contribution in [1.82, 2.24) is 14.6 Å². The van der Waals surface area contributed by atoms with Crippen LogP contribution in [0.2, 0.25) is 0 Å². The Balaban J connectivity index is 1.57. The molecule has 1 aromatic heterocycles. The highest BCUT2D eigenvalue weighted by molar-refractivity contribution is 7.89. The number of aromatic nitrogens is 1. The van der Waals surface area contributed by atoms with Gasteiger partial charge in [-0.2, -0.15) is 4.31 Å². The molecular weight excluding hydrogens is 294 g/mol. The Kier molecular flexibility index (Phi) is 2.85. The van der Waals surface area contributed by atoms with Crippen LogP contribution in [0.1, 0.15) is 0 Å². The lowest BCUT2D eigenvalue weighted by Crippen LogP contribution is -2.59. The van der Waals surface area contributed by atoms with Crippen LogP contribution in [0.5, 0.6) is 0 Å². The molecule has 20 heavy (non-hydrogen) atoms. The third kappa shape index (κ3) is 1.88. The molecule has 0 spiro atoms. The van der Waals surface area contributed by atoms with E-state index in [1.807, 2.05) is 0 Å². The van der Waals surface area contributed by atoms with Gasteiger partial charge in [-0.25, -0.2) is 13.4 Å². The number of rotatable bonds is 3. The fourth-order valence-electron chi connectivity index (χ4n) is 2.75. The molecule has 2 aromatic rings. The van der Waals surface area contributed by atoms with Crippen LogP contribution < -0.4 is 5.32 Å². The van der Waals surface area contributed by atoms with Crippen molar-refractivity contribution in [3.05, 3.63) is 23.7 Å². The van der Waals surface area contributed by atoms with Gasteiger partial charge in [0.05, 0.1) is 20.6 Å². The molecule has 0 radical (unpaired) electrons. The fourth-order valence-corrected chi connectivity index (χ4v) is 5.12. The Bertz CT molecular complexity index is 746. The summed E-state index contributed by atoms with van der Waals surface area (Å²) < 4.78 is 27.6. The quantitative estimate of drug-likeness (QED) is 0.923. The van der Waals surface area contributed by atoms with Crippen molar-refractivity contribution in [2.75, 3.05) is 26.2 Å². The number of nitrogens with zero attached hydrogens (tertiary/aromatic N) is 2. The van der Waals surface area contributed by atoms with E-state index in [0.29, 0.717) is 29.8 Å². The molecule has 1 N–H and O–H groups in total. The minimum Gasteiger partial charge on any atom is -0.316 e. The molecule has 0 aliphatic carbocycles. The van der Waals surface area contributed by atoms with Crippen LogP contribution in [0, 0.1) is 11.8 Å². The van der Waals surface area contributed by atoms with Gasteiger partial charge in [-0.3, -0.25) is 0 Å². The smallest absolute Gasteiger partial charge is 0.243 e. The van der Waals surface area contributed by atoms with E-state index < -0.39 is 10.0 Å². The fraction of sp³-hybridized carbons (Fsp3) is 0.462. The topological polar surface area (TPSA) is 62.3 Å². The molecule has 0 saturated carbocycles. The van der Waals surface area contributed by atoms with Gasteiger partial charge in [0.2, 0.25) is 10.0 Å². The summed E-state index contributed by atoms with van der Waals surface area (Å²) in [4.78, 5) is 4.57. The molecule has 2 aliphatic heterocycles. The molecule has 0 atom stereocenters. The first-order chi connectivity index (χ1) is 9.64. The van der Waals surface area contributed by atoms with E-state index in [9.17, 15) is 8.42 Å². The van der Waals surface area contributed by atoms with Crippen molar-refractivity contribution >= 4 is 31.6 Å². The predicted molar refractivity (Wildman–Crippen MR) is 78.2 cm³/mol. The van der Waals surface area contributed by atoms with Gasteiger partial charge in [0.25, 0.3) is 0 Å². The van der Waals surface area contributed by atoms with Crippen LogP contribution in [0.3, 0.4) is 0 Å². The number of hydrogen-bond acceptors (Lipinski definition) is 5. The molecule has 3 heterocycles. The van der Waals surface area contributed by atoms with Gasteiger partial charge in [-0.15, -0.1) is 11.3 Å². The molecule has 2 aliphatic rings. The average Bonchev–Trinajstić information content (AvgIpc) is 2.77. The Hall–Kier alpha value is -1.02. The third-order valence-corrected chi connectivity index (χ3v) is 6.92. The zero-order valence-corrected chi connectivity index (χ0v) is 12.5. The monoisotopic (exact) mass is 309 g/mol. The molecular formula is C13H15N3O2S2. The van der Waals surface area contributed by atoms with Gasteiger partial charge in [0.1, 0.15) is 0 Å². The summed E-state index contributed by atoms with van der Waals surface area (Å²) in [5.41, 5.74) is 2.60. The number of nitrogens with one attached hydrogen (secondary N) is 1. The third-order valence-electron chi connectivity index (χ3n) is 4.30. The van der Waals surface area contributed by atoms with Crippen molar-refractivity contribution in [3.8, 4) is 0 Å². The molecule has 0 bridgehead atoms. The average molecular weight is 309 g/mol. The van der Waals surface area contributed by atoms with Crippen molar-refractivity contribution in [2.24, 2.45) is 11.8 Å². The first-order valence-electron chi connectivity index (χ1n) is 6.69. The number of thiazole rings is 1. The summed E-state index contributed by atoms with van der Waals surface area (Å²) in [5.74, 6) is 1.18. The van der Waals surface area contributed by atoms with Gasteiger partial charge >= 0.3 is 0 Å². The molecule has 7 heteroatoms. The number of fused-ring (bicyclic) bond motifs is 1. The second-order valence-corrected chi connectivity index (χ2v) is 8.31. The van der Waals surface area contributed by atoms with E-state index in [0.717, 1.165) is 23.3 Å². The highest BCUT2D eigenvalue weighted by atomic mass is 32.2. The normalized spacial score (nSPS) is 21.8. The second-order valence-electron chi connectivity index (χ2n) is 5.48. The standard InChI is InChI=1S/C13H15N3O2S2/c17-20(18,16-6-10(7-16)9-4-14-5-9)11-1-2-12-13(3-11)19-8-15-12/h1-3,8-10,14H,4-7H2. The van der Waals surface area contributed by atoms with Crippen molar-refractivity contribution in [1.29, 1.82) is 0 Å². The van der Waals surface area contributed by atoms with Crippen molar-refractivity contribution < 1.29 is 8.42 Å². The van der Waals surface area contributed by atoms with E-state index in [1.54, 1.807) is 28.0 Å². The Morgan fingerprint density at radius 3 is 2.75 bits per heavy atom. The Labute approximate surface area is 121 Å². The lowest BCUT2D eigenvalue weighted by molar-refractivity contribution is 0.100. The maximum atomic E-state index is 12.5. The molecule has 2 fully saturated rings. The largest absolute Gasteiger partial charge is 0.316 e. The van der Waals surface area contributed by atoms with Crippen molar-refractivity contribution in [3.63, 3.8) is 0 Å². The zero-order valence-electron chi connectivity index (χ0n) is 10.8. The summed E-state index contributed by atoms with van der Waals surface area (Å²) >= 11 is 1.47.